The van der Waals surface area contributed by atoms with Crippen molar-refractivity contribution in [3.05, 3.63) is 118 Å². The molecule has 16 heteroatoms. The number of amides is 3. The summed E-state index contributed by atoms with van der Waals surface area (Å²) in [6.45, 7) is 15.3. The summed E-state index contributed by atoms with van der Waals surface area (Å²) in [5.41, 5.74) is 7.91. The number of aromatic nitrogens is 4. The molecule has 0 radical (unpaired) electrons. The fourth-order valence-electron chi connectivity index (χ4n) is 10.2. The molecule has 3 amide bonds. The Labute approximate surface area is 417 Å². The Bertz CT molecular complexity index is 3240. The minimum absolute atomic E-state index is 0.0240. The molecule has 2 aliphatic heterocycles. The third-order valence-electron chi connectivity index (χ3n) is 13.7. The summed E-state index contributed by atoms with van der Waals surface area (Å²) in [6, 6.07) is 21.8. The van der Waals surface area contributed by atoms with Gasteiger partial charge in [0.2, 0.25) is 17.7 Å². The zero-order valence-corrected chi connectivity index (χ0v) is 42.1. The second-order valence-electron chi connectivity index (χ2n) is 19.7. The van der Waals surface area contributed by atoms with E-state index in [4.69, 9.17) is 31.2 Å². The standard InChI is InChI=1S/C55H60ClFN8O6/c1-32-43(42-17-20-47(66)60-53(42)68)30-36-29-38(14-19-45(36)59-32)58-31-48(67)64-24-21-63(22-25-64)23-26-65-51-41(16-18-44(56)50(51)49-33(2)61-62(7)34(49)3)40(52(65)54(69)71-55(4,5)6)11-9-27-70-46-12-8-10-35-28-37(57)13-15-39(35)46/h8,10,12-16,18-19,28-30,42,58H,9,11,17,20-27,31H2,1-7H3,(H,60,66,68). The van der Waals surface area contributed by atoms with Gasteiger partial charge in [-0.3, -0.25) is 34.3 Å². The Hall–Kier alpha value is -6.84. The Kier molecular flexibility index (Phi) is 13.9. The molecular weight excluding hydrogens is 923 g/mol. The first-order valence-corrected chi connectivity index (χ1v) is 24.7. The number of ether oxygens (including phenoxy) is 2. The number of imide groups is 1. The number of nitrogens with zero attached hydrogens (tertiary/aromatic N) is 6. The van der Waals surface area contributed by atoms with Crippen LogP contribution in [0.3, 0.4) is 0 Å². The molecule has 4 aromatic carbocycles. The van der Waals surface area contributed by atoms with Crippen molar-refractivity contribution < 1.29 is 33.0 Å². The molecule has 14 nitrogen and oxygen atoms in total. The number of aryl methyl sites for hydroxylation is 4. The van der Waals surface area contributed by atoms with Crippen LogP contribution in [0.5, 0.6) is 5.75 Å². The van der Waals surface area contributed by atoms with Crippen molar-refractivity contribution >= 4 is 73.6 Å². The van der Waals surface area contributed by atoms with Crippen molar-refractivity contribution in [3.8, 4) is 16.9 Å². The second kappa shape index (κ2) is 20.1. The van der Waals surface area contributed by atoms with Crippen LogP contribution in [0.4, 0.5) is 10.1 Å². The molecule has 1 atom stereocenters. The number of esters is 1. The number of pyridine rings is 1. The molecule has 9 rings (SSSR count). The molecule has 2 fully saturated rings. The van der Waals surface area contributed by atoms with E-state index in [0.717, 1.165) is 77.6 Å². The van der Waals surface area contributed by atoms with Crippen molar-refractivity contribution in [3.63, 3.8) is 0 Å². The molecule has 5 heterocycles. The molecule has 2 N–H and O–H groups in total. The summed E-state index contributed by atoms with van der Waals surface area (Å²) in [7, 11) is 1.91. The second-order valence-corrected chi connectivity index (χ2v) is 20.1. The van der Waals surface area contributed by atoms with Crippen LogP contribution < -0.4 is 15.4 Å². The number of halogens is 2. The lowest BCUT2D eigenvalue weighted by atomic mass is 9.89. The first-order valence-electron chi connectivity index (χ1n) is 24.3. The van der Waals surface area contributed by atoms with Crippen LogP contribution >= 0.6 is 11.6 Å². The number of carbonyl (C=O) groups is 4. The third kappa shape index (κ3) is 10.3. The fraction of sp³-hybridized carbons (Fsp3) is 0.382. The highest BCUT2D eigenvalue weighted by atomic mass is 35.5. The van der Waals surface area contributed by atoms with Crippen LogP contribution in [0.2, 0.25) is 5.02 Å². The van der Waals surface area contributed by atoms with Gasteiger partial charge < -0.3 is 24.3 Å². The van der Waals surface area contributed by atoms with Crippen molar-refractivity contribution in [2.75, 3.05) is 51.2 Å². The van der Waals surface area contributed by atoms with Crippen molar-refractivity contribution in [1.82, 2.24) is 34.4 Å². The van der Waals surface area contributed by atoms with Crippen LogP contribution in [0.1, 0.15) is 84.6 Å². The van der Waals surface area contributed by atoms with Gasteiger partial charge >= 0.3 is 5.97 Å². The van der Waals surface area contributed by atoms with E-state index in [1.807, 2.05) is 113 Å². The molecule has 3 aromatic heterocycles. The van der Waals surface area contributed by atoms with E-state index < -0.39 is 17.5 Å². The number of anilines is 1. The number of nitrogens with one attached hydrogen (secondary N) is 2. The van der Waals surface area contributed by atoms with Crippen LogP contribution in [0, 0.1) is 26.6 Å². The predicted molar refractivity (Wildman–Crippen MR) is 275 cm³/mol. The van der Waals surface area contributed by atoms with Gasteiger partial charge in [0.1, 0.15) is 22.9 Å². The van der Waals surface area contributed by atoms with Gasteiger partial charge in [0.15, 0.2) is 0 Å². The van der Waals surface area contributed by atoms with E-state index >= 15 is 0 Å². The van der Waals surface area contributed by atoms with Gasteiger partial charge in [-0.15, -0.1) is 0 Å². The monoisotopic (exact) mass is 982 g/mol. The minimum atomic E-state index is -0.771. The summed E-state index contributed by atoms with van der Waals surface area (Å²) in [5, 5.41) is 14.3. The summed E-state index contributed by atoms with van der Waals surface area (Å²) in [6.07, 6.45) is 1.79. The first-order chi connectivity index (χ1) is 33.9. The zero-order chi connectivity index (χ0) is 50.3. The summed E-state index contributed by atoms with van der Waals surface area (Å²) in [4.78, 5) is 61.7. The average molecular weight is 984 g/mol. The lowest BCUT2D eigenvalue weighted by Crippen LogP contribution is -2.50. The van der Waals surface area contributed by atoms with Gasteiger partial charge in [-0.05, 0) is 132 Å². The van der Waals surface area contributed by atoms with E-state index in [2.05, 4.69) is 20.1 Å². The largest absolute Gasteiger partial charge is 0.493 e. The summed E-state index contributed by atoms with van der Waals surface area (Å²) >= 11 is 7.21. The van der Waals surface area contributed by atoms with E-state index in [9.17, 15) is 23.6 Å². The van der Waals surface area contributed by atoms with Gasteiger partial charge in [0.05, 0.1) is 40.8 Å². The predicted octanol–water partition coefficient (Wildman–Crippen LogP) is 9.20. The van der Waals surface area contributed by atoms with Crippen molar-refractivity contribution in [2.24, 2.45) is 7.05 Å². The molecule has 370 valence electrons. The first kappa shape index (κ1) is 49.2. The van der Waals surface area contributed by atoms with Crippen LogP contribution in [0.25, 0.3) is 43.7 Å². The molecule has 2 saturated heterocycles. The maximum absolute atomic E-state index is 14.6. The highest BCUT2D eigenvalue weighted by Gasteiger charge is 2.32. The van der Waals surface area contributed by atoms with Gasteiger partial charge in [-0.1, -0.05) is 29.8 Å². The number of rotatable bonds is 14. The molecule has 1 unspecified atom stereocenters. The Balaban J connectivity index is 0.935. The summed E-state index contributed by atoms with van der Waals surface area (Å²) < 4.78 is 30.5. The van der Waals surface area contributed by atoms with Gasteiger partial charge in [0, 0.05) is 97.1 Å². The number of piperazine rings is 1. The Morgan fingerprint density at radius 1 is 0.901 bits per heavy atom. The number of piperidine rings is 1. The third-order valence-corrected chi connectivity index (χ3v) is 14.0. The van der Waals surface area contributed by atoms with Crippen LogP contribution in [0.15, 0.2) is 72.8 Å². The number of hydrogen-bond donors (Lipinski definition) is 2. The lowest BCUT2D eigenvalue weighted by Gasteiger charge is -2.35. The van der Waals surface area contributed by atoms with Crippen LogP contribution in [-0.2, 0) is 39.1 Å². The maximum Gasteiger partial charge on any atom is 0.355 e. The van der Waals surface area contributed by atoms with Gasteiger partial charge in [-0.25, -0.2) is 9.18 Å². The molecule has 7 aromatic rings. The topological polar surface area (TPSA) is 153 Å². The Morgan fingerprint density at radius 2 is 1.68 bits per heavy atom. The zero-order valence-electron chi connectivity index (χ0n) is 41.4. The van der Waals surface area contributed by atoms with Gasteiger partial charge in [-0.2, -0.15) is 5.10 Å². The van der Waals surface area contributed by atoms with Gasteiger partial charge in [0.25, 0.3) is 0 Å². The Morgan fingerprint density at radius 3 is 2.41 bits per heavy atom. The SMILES string of the molecule is Cc1nc2ccc(NCC(=O)N3CCN(CCn4c(C(=O)OC(C)(C)C)c(CCCOc5cccc6cc(F)ccc56)c5ccc(Cl)c(-c6c(C)nn(C)c6C)c54)CC3)cc2cc1C1CCC(=O)NC1=O. The normalized spacial score (nSPS) is 15.7. The molecule has 0 saturated carbocycles. The average Bonchev–Trinajstić information content (AvgIpc) is 3.78. The van der Waals surface area contributed by atoms with E-state index in [0.29, 0.717) is 81.6 Å². The smallest absolute Gasteiger partial charge is 0.355 e. The number of benzene rings is 4. The highest BCUT2D eigenvalue weighted by Crippen LogP contribution is 2.43. The van der Waals surface area contributed by atoms with Crippen LogP contribution in [-0.4, -0.2) is 104 Å². The van der Waals surface area contributed by atoms with E-state index in [-0.39, 0.29) is 36.5 Å². The molecular formula is C55H60ClFN8O6. The lowest BCUT2D eigenvalue weighted by molar-refractivity contribution is -0.134. The number of fused-ring (bicyclic) bond motifs is 3. The molecule has 0 aliphatic carbocycles. The molecule has 0 bridgehead atoms. The number of hydrogen-bond acceptors (Lipinski definition) is 10. The fourth-order valence-corrected chi connectivity index (χ4v) is 10.4. The molecule has 2 aliphatic rings. The van der Waals surface area contributed by atoms with E-state index in [1.165, 1.54) is 12.1 Å². The molecule has 71 heavy (non-hydrogen) atoms. The minimum Gasteiger partial charge on any atom is -0.493 e. The van der Waals surface area contributed by atoms with E-state index in [1.54, 1.807) is 6.07 Å². The number of carbonyl (C=O) groups excluding carboxylic acids is 4. The van der Waals surface area contributed by atoms with Crippen molar-refractivity contribution in [1.29, 1.82) is 0 Å². The summed E-state index contributed by atoms with van der Waals surface area (Å²) in [5.74, 6) is -1.11. The molecule has 0 spiro atoms. The quantitative estimate of drug-likeness (QED) is 0.0613. The maximum atomic E-state index is 14.6. The van der Waals surface area contributed by atoms with Crippen molar-refractivity contribution in [2.45, 2.75) is 85.3 Å². The highest BCUT2D eigenvalue weighted by molar-refractivity contribution is 6.35.